The molecule has 0 spiro atoms. The topological polar surface area (TPSA) is 37.4 Å². The van der Waals surface area contributed by atoms with Gasteiger partial charge in [-0.05, 0) is 54.3 Å². The Balaban J connectivity index is 1.71. The first-order chi connectivity index (χ1) is 17.5. The lowest BCUT2D eigenvalue weighted by Crippen LogP contribution is -2.48. The maximum absolute atomic E-state index is 13.6. The van der Waals surface area contributed by atoms with Gasteiger partial charge in [0.1, 0.15) is 0 Å². The summed E-state index contributed by atoms with van der Waals surface area (Å²) in [5.74, 6) is 0.170. The molecule has 2 aromatic carbocycles. The van der Waals surface area contributed by atoms with Crippen molar-refractivity contribution in [3.05, 3.63) is 71.8 Å². The van der Waals surface area contributed by atoms with Crippen molar-refractivity contribution in [1.82, 2.24) is 4.31 Å². The van der Waals surface area contributed by atoms with Crippen molar-refractivity contribution in [3.8, 4) is 0 Å². The second kappa shape index (κ2) is 11.5. The molecule has 0 N–H and O–H groups in total. The highest BCUT2D eigenvalue weighted by Gasteiger charge is 2.60. The lowest BCUT2D eigenvalue weighted by molar-refractivity contribution is 0.255. The Hall–Kier alpha value is -0.790. The van der Waals surface area contributed by atoms with Crippen LogP contribution in [0.15, 0.2) is 60.7 Å². The summed E-state index contributed by atoms with van der Waals surface area (Å²) in [4.78, 5) is 0. The minimum atomic E-state index is -3.41. The molecule has 0 aromatic heterocycles. The van der Waals surface area contributed by atoms with Gasteiger partial charge >= 0.3 is 0 Å². The number of sulfonamides is 1. The molecule has 4 atom stereocenters. The number of nitrogens with zero attached hydrogens (tertiary/aromatic N) is 1. The maximum Gasteiger partial charge on any atom is 0.212 e. The van der Waals surface area contributed by atoms with Crippen molar-refractivity contribution in [2.75, 3.05) is 19.0 Å². The molecule has 4 unspecified atom stereocenters. The van der Waals surface area contributed by atoms with Crippen molar-refractivity contribution in [3.63, 3.8) is 0 Å². The summed E-state index contributed by atoms with van der Waals surface area (Å²) in [7, 11) is -0.745. The van der Waals surface area contributed by atoms with E-state index in [1.165, 1.54) is 76.0 Å². The van der Waals surface area contributed by atoms with Crippen molar-refractivity contribution >= 4 is 27.2 Å². The van der Waals surface area contributed by atoms with Crippen molar-refractivity contribution in [2.45, 2.75) is 92.6 Å². The third-order valence-corrected chi connectivity index (χ3v) is 15.1. The molecule has 3 aliphatic rings. The second-order valence-corrected chi connectivity index (χ2v) is 16.6. The Morgan fingerprint density at radius 1 is 0.833 bits per heavy atom. The minimum Gasteiger partial charge on any atom is -0.212 e. The molecule has 1 saturated heterocycles. The molecule has 0 bridgehead atoms. The van der Waals surface area contributed by atoms with Crippen LogP contribution < -0.4 is 0 Å². The summed E-state index contributed by atoms with van der Waals surface area (Å²) >= 11 is 0. The quantitative estimate of drug-likeness (QED) is 0.343. The van der Waals surface area contributed by atoms with Gasteiger partial charge in [-0.15, -0.1) is 9.24 Å². The normalized spacial score (nSPS) is 29.1. The fourth-order valence-electron chi connectivity index (χ4n) is 7.76. The predicted octanol–water partition coefficient (Wildman–Crippen LogP) is 7.33. The Morgan fingerprint density at radius 3 is 1.81 bits per heavy atom. The maximum atomic E-state index is 13.6. The van der Waals surface area contributed by atoms with Gasteiger partial charge in [0.2, 0.25) is 10.0 Å². The lowest BCUT2D eigenvalue weighted by Gasteiger charge is -2.46. The minimum absolute atomic E-state index is 0.170. The molecule has 36 heavy (non-hydrogen) atoms. The number of hydrogen-bond acceptors (Lipinski definition) is 2. The van der Waals surface area contributed by atoms with Crippen LogP contribution in [0.3, 0.4) is 0 Å². The van der Waals surface area contributed by atoms with Gasteiger partial charge in [-0.2, -0.15) is 4.31 Å². The molecule has 5 rings (SSSR count). The first-order valence-electron chi connectivity index (χ1n) is 14.0. The molecule has 196 valence electrons. The summed E-state index contributed by atoms with van der Waals surface area (Å²) in [6.45, 7) is 0.667. The van der Waals surface area contributed by atoms with E-state index in [0.717, 1.165) is 16.9 Å². The average molecular weight is 544 g/mol. The Labute approximate surface area is 222 Å². The van der Waals surface area contributed by atoms with E-state index in [-0.39, 0.29) is 13.8 Å². The van der Waals surface area contributed by atoms with Crippen LogP contribution in [0.5, 0.6) is 0 Å². The summed E-state index contributed by atoms with van der Waals surface area (Å²) in [5, 5.41) is 0. The highest BCUT2D eigenvalue weighted by Crippen LogP contribution is 2.67. The summed E-state index contributed by atoms with van der Waals surface area (Å²) in [6, 6.07) is 21.5. The molecule has 2 aromatic rings. The molecule has 6 heteroatoms. The SMILES string of the molecule is CS(=O)(=O)N1CC(P(C2CCCCC2)C2CCCCC2)C(c2ccccc2)C1(CP)c1ccccc1. The highest BCUT2D eigenvalue weighted by atomic mass is 32.2. The van der Waals surface area contributed by atoms with E-state index in [0.29, 0.717) is 18.4 Å². The summed E-state index contributed by atoms with van der Waals surface area (Å²) < 4.78 is 29.1. The zero-order chi connectivity index (χ0) is 25.2. The summed E-state index contributed by atoms with van der Waals surface area (Å²) in [6.07, 6.45) is 15.7. The van der Waals surface area contributed by atoms with Crippen molar-refractivity contribution < 1.29 is 8.42 Å². The third kappa shape index (κ3) is 5.10. The van der Waals surface area contributed by atoms with Gasteiger partial charge in [0.25, 0.3) is 0 Å². The standard InChI is InChI=1S/C30H43NO2P2S/c1-36(32,33)31-22-28(35(26-18-10-4-11-19-26)27-20-12-5-13-21-27)29(24-14-6-2-7-15-24)30(31,23-34)25-16-8-3-9-17-25/h2-3,6-9,14-17,26-29H,4-5,10-13,18-23,34H2,1H3. The van der Waals surface area contributed by atoms with E-state index < -0.39 is 15.6 Å². The molecule has 1 heterocycles. The van der Waals surface area contributed by atoms with E-state index >= 15 is 0 Å². The van der Waals surface area contributed by atoms with Crippen molar-refractivity contribution in [2.24, 2.45) is 0 Å². The molecule has 0 radical (unpaired) electrons. The van der Waals surface area contributed by atoms with Crippen LogP contribution in [0.25, 0.3) is 0 Å². The van der Waals surface area contributed by atoms with Crippen LogP contribution in [-0.2, 0) is 15.6 Å². The fourth-order valence-corrected chi connectivity index (χ4v) is 14.7. The molecule has 3 fully saturated rings. The van der Waals surface area contributed by atoms with Gasteiger partial charge in [0, 0.05) is 18.1 Å². The Kier molecular flexibility index (Phi) is 8.58. The molecule has 1 aliphatic heterocycles. The Bertz CT molecular complexity index is 1070. The predicted molar refractivity (Wildman–Crippen MR) is 158 cm³/mol. The third-order valence-electron chi connectivity index (χ3n) is 9.22. The van der Waals surface area contributed by atoms with Gasteiger partial charge in [-0.1, -0.05) is 107 Å². The Morgan fingerprint density at radius 2 is 1.33 bits per heavy atom. The van der Waals surface area contributed by atoms with Gasteiger partial charge in [0.15, 0.2) is 0 Å². The largest absolute Gasteiger partial charge is 0.212 e. The van der Waals surface area contributed by atoms with Crippen molar-refractivity contribution in [1.29, 1.82) is 0 Å². The highest BCUT2D eigenvalue weighted by molar-refractivity contribution is 7.88. The second-order valence-electron chi connectivity index (χ2n) is 11.3. The zero-order valence-electron chi connectivity index (χ0n) is 21.8. The smallest absolute Gasteiger partial charge is 0.212 e. The van der Waals surface area contributed by atoms with Gasteiger partial charge in [-0.25, -0.2) is 8.42 Å². The number of hydrogen-bond donors (Lipinski definition) is 0. The fraction of sp³-hybridized carbons (Fsp3) is 0.600. The van der Waals surface area contributed by atoms with Crippen LogP contribution in [0.1, 0.15) is 81.3 Å². The van der Waals surface area contributed by atoms with E-state index in [9.17, 15) is 8.42 Å². The lowest BCUT2D eigenvalue weighted by atomic mass is 9.76. The molecule has 2 aliphatic carbocycles. The number of benzene rings is 2. The summed E-state index contributed by atoms with van der Waals surface area (Å²) in [5.41, 5.74) is 3.85. The van der Waals surface area contributed by atoms with E-state index in [4.69, 9.17) is 0 Å². The first-order valence-corrected chi connectivity index (χ1v) is 18.2. The first kappa shape index (κ1) is 26.8. The van der Waals surface area contributed by atoms with Crippen LogP contribution in [0.2, 0.25) is 0 Å². The molecule has 0 amide bonds. The van der Waals surface area contributed by atoms with Crippen LogP contribution in [-0.4, -0.2) is 48.7 Å². The molecule has 3 nitrogen and oxygen atoms in total. The van der Waals surface area contributed by atoms with Gasteiger partial charge < -0.3 is 0 Å². The van der Waals surface area contributed by atoms with Crippen LogP contribution >= 0.6 is 17.2 Å². The van der Waals surface area contributed by atoms with E-state index in [1.807, 2.05) is 10.4 Å². The van der Waals surface area contributed by atoms with E-state index in [2.05, 4.69) is 63.8 Å². The van der Waals surface area contributed by atoms with Gasteiger partial charge in [-0.3, -0.25) is 0 Å². The van der Waals surface area contributed by atoms with Gasteiger partial charge in [0.05, 0.1) is 11.8 Å². The zero-order valence-corrected chi connectivity index (χ0v) is 24.6. The molecular weight excluding hydrogens is 500 g/mol. The van der Waals surface area contributed by atoms with Crippen LogP contribution in [0.4, 0.5) is 0 Å². The van der Waals surface area contributed by atoms with E-state index in [1.54, 1.807) is 0 Å². The van der Waals surface area contributed by atoms with Crippen LogP contribution in [0, 0.1) is 0 Å². The average Bonchev–Trinajstić information content (AvgIpc) is 3.27. The number of rotatable bonds is 7. The monoisotopic (exact) mass is 543 g/mol. The molecular formula is C30H43NO2P2S. The molecule has 2 saturated carbocycles.